The molecule has 1 atom stereocenters. The molecule has 0 fully saturated rings. The summed E-state index contributed by atoms with van der Waals surface area (Å²) in [4.78, 5) is 0. The number of aliphatic hydroxyl groups excluding tert-OH is 1. The van der Waals surface area contributed by atoms with E-state index in [4.69, 9.17) is 5.11 Å². The first-order chi connectivity index (χ1) is 3.80. The second-order valence-electron chi connectivity index (χ2n) is 1.57. The average Bonchev–Trinajstić information content (AvgIpc) is 2.12. The Labute approximate surface area is 46.5 Å². The van der Waals surface area contributed by atoms with Crippen molar-refractivity contribution in [3.05, 3.63) is 11.9 Å². The first-order valence-electron chi connectivity index (χ1n) is 2.34. The molecule has 0 saturated carbocycles. The Morgan fingerprint density at radius 2 is 2.62 bits per heavy atom. The number of nitrogens with zero attached hydrogens (tertiary/aromatic N) is 2. The van der Waals surface area contributed by atoms with E-state index in [9.17, 15) is 0 Å². The molecule has 4 heteroatoms. The van der Waals surface area contributed by atoms with Gasteiger partial charge in [-0.15, -0.1) is 0 Å². The lowest BCUT2D eigenvalue weighted by atomic mass is 10.3. The summed E-state index contributed by atoms with van der Waals surface area (Å²) in [6, 6.07) is 0. The van der Waals surface area contributed by atoms with Crippen molar-refractivity contribution in [1.29, 1.82) is 0 Å². The van der Waals surface area contributed by atoms with E-state index >= 15 is 0 Å². The van der Waals surface area contributed by atoms with Crippen LogP contribution < -0.4 is 0 Å². The lowest BCUT2D eigenvalue weighted by Gasteiger charge is -1.92. The van der Waals surface area contributed by atoms with Crippen LogP contribution in [0.5, 0.6) is 0 Å². The Balaban J connectivity index is 2.77. The number of hydrogen-bond donors (Lipinski definition) is 2. The highest BCUT2D eigenvalue weighted by Crippen LogP contribution is 2.02. The van der Waals surface area contributed by atoms with E-state index < -0.39 is 6.10 Å². The molecule has 0 radical (unpaired) electrons. The minimum absolute atomic E-state index is 0.520. The van der Waals surface area contributed by atoms with Crippen LogP contribution in [-0.2, 0) is 0 Å². The van der Waals surface area contributed by atoms with Gasteiger partial charge in [0.05, 0.1) is 12.3 Å². The van der Waals surface area contributed by atoms with Gasteiger partial charge in [-0.1, -0.05) is 0 Å². The first kappa shape index (κ1) is 5.24. The fourth-order valence-electron chi connectivity index (χ4n) is 0.412. The maximum absolute atomic E-state index is 8.79. The molecule has 0 aliphatic rings. The van der Waals surface area contributed by atoms with Gasteiger partial charge < -0.3 is 5.11 Å². The topological polar surface area (TPSA) is 61.8 Å². The molecule has 1 rings (SSSR count). The average molecular weight is 113 g/mol. The van der Waals surface area contributed by atoms with Crippen LogP contribution in [0.2, 0.25) is 0 Å². The highest BCUT2D eigenvalue weighted by Gasteiger charge is 2.00. The number of aliphatic hydroxyl groups is 1. The van der Waals surface area contributed by atoms with Crippen molar-refractivity contribution in [1.82, 2.24) is 15.4 Å². The molecule has 1 aromatic rings. The minimum Gasteiger partial charge on any atom is -0.387 e. The van der Waals surface area contributed by atoms with Gasteiger partial charge in [0.25, 0.3) is 0 Å². The van der Waals surface area contributed by atoms with Crippen LogP contribution in [0.3, 0.4) is 0 Å². The van der Waals surface area contributed by atoms with Crippen LogP contribution in [0, 0.1) is 0 Å². The molecule has 1 heterocycles. The van der Waals surface area contributed by atoms with E-state index in [1.54, 1.807) is 6.92 Å². The van der Waals surface area contributed by atoms with Gasteiger partial charge in [0.1, 0.15) is 5.69 Å². The summed E-state index contributed by atoms with van der Waals surface area (Å²) in [7, 11) is 0. The third kappa shape index (κ3) is 0.840. The molecule has 0 amide bonds. The molecule has 0 aliphatic carbocycles. The predicted molar refractivity (Wildman–Crippen MR) is 27.0 cm³/mol. The SMILES string of the molecule is CC(O)c1cn[nH]n1. The van der Waals surface area contributed by atoms with Crippen LogP contribution in [0.4, 0.5) is 0 Å². The molecule has 1 unspecified atom stereocenters. The molecule has 4 nitrogen and oxygen atoms in total. The quantitative estimate of drug-likeness (QED) is 0.532. The van der Waals surface area contributed by atoms with Gasteiger partial charge in [-0.3, -0.25) is 0 Å². The minimum atomic E-state index is -0.520. The highest BCUT2D eigenvalue weighted by molar-refractivity contribution is 4.92. The van der Waals surface area contributed by atoms with Crippen molar-refractivity contribution in [3.8, 4) is 0 Å². The molecule has 1 aromatic heterocycles. The van der Waals surface area contributed by atoms with Crippen molar-refractivity contribution in [2.75, 3.05) is 0 Å². The largest absolute Gasteiger partial charge is 0.387 e. The Hall–Kier alpha value is -0.900. The van der Waals surface area contributed by atoms with Gasteiger partial charge in [0.2, 0.25) is 0 Å². The molecule has 2 N–H and O–H groups in total. The Bertz CT molecular complexity index is 146. The van der Waals surface area contributed by atoms with Gasteiger partial charge >= 0.3 is 0 Å². The van der Waals surface area contributed by atoms with Crippen molar-refractivity contribution >= 4 is 0 Å². The molecule has 44 valence electrons. The zero-order valence-electron chi connectivity index (χ0n) is 4.50. The maximum Gasteiger partial charge on any atom is 0.111 e. The Morgan fingerprint density at radius 1 is 1.88 bits per heavy atom. The molecular weight excluding hydrogens is 106 g/mol. The number of rotatable bonds is 1. The van der Waals surface area contributed by atoms with Crippen LogP contribution in [0.1, 0.15) is 18.7 Å². The van der Waals surface area contributed by atoms with Gasteiger partial charge in [-0.25, -0.2) is 0 Å². The summed E-state index contributed by atoms with van der Waals surface area (Å²) >= 11 is 0. The summed E-state index contributed by atoms with van der Waals surface area (Å²) in [5.41, 5.74) is 0.574. The van der Waals surface area contributed by atoms with Gasteiger partial charge in [-0.05, 0) is 6.92 Å². The number of aromatic amines is 1. The molecule has 0 bridgehead atoms. The second-order valence-corrected chi connectivity index (χ2v) is 1.57. The summed E-state index contributed by atoms with van der Waals surface area (Å²) in [6.45, 7) is 1.64. The van der Waals surface area contributed by atoms with Crippen LogP contribution >= 0.6 is 0 Å². The van der Waals surface area contributed by atoms with E-state index in [1.807, 2.05) is 0 Å². The fourth-order valence-corrected chi connectivity index (χ4v) is 0.412. The van der Waals surface area contributed by atoms with Crippen LogP contribution in [0.25, 0.3) is 0 Å². The summed E-state index contributed by atoms with van der Waals surface area (Å²) in [6.07, 6.45) is 0.971. The number of hydrogen-bond acceptors (Lipinski definition) is 3. The van der Waals surface area contributed by atoms with Crippen LogP contribution in [-0.4, -0.2) is 20.5 Å². The fraction of sp³-hybridized carbons (Fsp3) is 0.500. The molecule has 0 spiro atoms. The standard InChI is InChI=1S/C4H7N3O/c1-3(8)4-2-5-7-6-4/h2-3,8H,1H3,(H,5,6,7). The summed E-state index contributed by atoms with van der Waals surface area (Å²) < 4.78 is 0. The number of H-pyrrole nitrogens is 1. The first-order valence-corrected chi connectivity index (χ1v) is 2.34. The van der Waals surface area contributed by atoms with E-state index in [0.717, 1.165) is 0 Å². The molecule has 8 heavy (non-hydrogen) atoms. The maximum atomic E-state index is 8.79. The number of aromatic nitrogens is 3. The Kier molecular flexibility index (Phi) is 1.26. The zero-order valence-corrected chi connectivity index (χ0v) is 4.50. The normalized spacial score (nSPS) is 13.8. The zero-order chi connectivity index (χ0) is 5.98. The third-order valence-corrected chi connectivity index (χ3v) is 0.862. The highest BCUT2D eigenvalue weighted by atomic mass is 16.3. The monoisotopic (exact) mass is 113 g/mol. The lowest BCUT2D eigenvalue weighted by molar-refractivity contribution is 0.194. The number of nitrogens with one attached hydrogen (secondary N) is 1. The van der Waals surface area contributed by atoms with E-state index in [2.05, 4.69) is 15.4 Å². The van der Waals surface area contributed by atoms with Gasteiger partial charge in [0, 0.05) is 0 Å². The second kappa shape index (κ2) is 1.92. The molecule has 0 aromatic carbocycles. The van der Waals surface area contributed by atoms with Gasteiger partial charge in [0.15, 0.2) is 0 Å². The smallest absolute Gasteiger partial charge is 0.111 e. The molecular formula is C4H7N3O. The van der Waals surface area contributed by atoms with Crippen molar-refractivity contribution in [3.63, 3.8) is 0 Å². The predicted octanol–water partition coefficient (Wildman–Crippen LogP) is -0.142. The lowest BCUT2D eigenvalue weighted by Crippen LogP contribution is -1.89. The summed E-state index contributed by atoms with van der Waals surface area (Å²) in [5.74, 6) is 0. The summed E-state index contributed by atoms with van der Waals surface area (Å²) in [5, 5.41) is 18.3. The van der Waals surface area contributed by atoms with E-state index in [-0.39, 0.29) is 0 Å². The van der Waals surface area contributed by atoms with Crippen LogP contribution in [0.15, 0.2) is 6.20 Å². The van der Waals surface area contributed by atoms with E-state index in [0.29, 0.717) is 5.69 Å². The van der Waals surface area contributed by atoms with Crippen molar-refractivity contribution < 1.29 is 5.11 Å². The molecule has 0 saturated heterocycles. The van der Waals surface area contributed by atoms with Crippen molar-refractivity contribution in [2.45, 2.75) is 13.0 Å². The molecule has 0 aliphatic heterocycles. The Morgan fingerprint density at radius 3 is 2.88 bits per heavy atom. The third-order valence-electron chi connectivity index (χ3n) is 0.862. The van der Waals surface area contributed by atoms with Crippen molar-refractivity contribution in [2.24, 2.45) is 0 Å². The van der Waals surface area contributed by atoms with E-state index in [1.165, 1.54) is 6.20 Å². The van der Waals surface area contributed by atoms with Gasteiger partial charge in [-0.2, -0.15) is 15.4 Å².